The van der Waals surface area contributed by atoms with Gasteiger partial charge in [-0.25, -0.2) is 0 Å². The average Bonchev–Trinajstić information content (AvgIpc) is 3.04. The predicted octanol–water partition coefficient (Wildman–Crippen LogP) is 2.15. The monoisotopic (exact) mass is 236 g/mol. The summed E-state index contributed by atoms with van der Waals surface area (Å²) in [6, 6.07) is 0. The molecule has 3 heteroatoms. The van der Waals surface area contributed by atoms with E-state index in [1.807, 2.05) is 0 Å². The van der Waals surface area contributed by atoms with Crippen molar-refractivity contribution in [1.82, 2.24) is 0 Å². The second-order valence-electron chi connectivity index (χ2n) is 4.67. The number of carbonyl (C=O) groups is 1. The zero-order chi connectivity index (χ0) is 12.1. The van der Waals surface area contributed by atoms with E-state index in [4.69, 9.17) is 9.84 Å². The minimum atomic E-state index is -0.865. The van der Waals surface area contributed by atoms with Crippen LogP contribution < -0.4 is 0 Å². The number of allylic oxidation sites excluding steroid dienone is 2. The van der Waals surface area contributed by atoms with Crippen LogP contribution >= 0.6 is 0 Å². The van der Waals surface area contributed by atoms with Crippen LogP contribution in [0, 0.1) is 0 Å². The summed E-state index contributed by atoms with van der Waals surface area (Å²) in [6.07, 6.45) is 11.3. The van der Waals surface area contributed by atoms with Gasteiger partial charge in [-0.05, 0) is 49.7 Å². The molecule has 94 valence electrons. The predicted molar refractivity (Wildman–Crippen MR) is 65.7 cm³/mol. The zero-order valence-corrected chi connectivity index (χ0v) is 10.2. The van der Waals surface area contributed by atoms with Gasteiger partial charge in [-0.15, -0.1) is 0 Å². The lowest BCUT2D eigenvalue weighted by atomic mass is 9.85. The van der Waals surface area contributed by atoms with E-state index in [0.29, 0.717) is 0 Å². The Balaban J connectivity index is 2.27. The van der Waals surface area contributed by atoms with Gasteiger partial charge in [-0.3, -0.25) is 4.79 Å². The number of hydrogen-bond acceptors (Lipinski definition) is 3. The molecule has 17 heavy (non-hydrogen) atoms. The fourth-order valence-electron chi connectivity index (χ4n) is 2.80. The average molecular weight is 236 g/mol. The summed E-state index contributed by atoms with van der Waals surface area (Å²) in [6.45, 7) is 0.170. The quantitative estimate of drug-likeness (QED) is 0.568. The molecule has 0 aliphatic heterocycles. The third-order valence-corrected chi connectivity index (χ3v) is 3.62. The van der Waals surface area contributed by atoms with Crippen LogP contribution in [-0.2, 0) is 9.53 Å². The van der Waals surface area contributed by atoms with Crippen molar-refractivity contribution in [2.24, 2.45) is 0 Å². The fourth-order valence-corrected chi connectivity index (χ4v) is 2.80. The van der Waals surface area contributed by atoms with Crippen LogP contribution in [0.4, 0.5) is 0 Å². The molecule has 0 aromatic carbocycles. The number of aliphatic hydroxyl groups excluding tert-OH is 1. The van der Waals surface area contributed by atoms with Crippen LogP contribution in [0.25, 0.3) is 0 Å². The molecule has 0 radical (unpaired) electrons. The van der Waals surface area contributed by atoms with Gasteiger partial charge in [0.05, 0.1) is 13.2 Å². The molecule has 0 spiro atoms. The van der Waals surface area contributed by atoms with Crippen LogP contribution in [0.1, 0.15) is 38.5 Å². The topological polar surface area (TPSA) is 46.5 Å². The molecule has 0 unspecified atom stereocenters. The van der Waals surface area contributed by atoms with Gasteiger partial charge in [-0.1, -0.05) is 12.2 Å². The highest BCUT2D eigenvalue weighted by Crippen LogP contribution is 2.39. The van der Waals surface area contributed by atoms with E-state index in [1.54, 1.807) is 0 Å². The van der Waals surface area contributed by atoms with Gasteiger partial charge in [0.25, 0.3) is 0 Å². The highest BCUT2D eigenvalue weighted by atomic mass is 16.5. The lowest BCUT2D eigenvalue weighted by Gasteiger charge is -2.31. The van der Waals surface area contributed by atoms with Gasteiger partial charge in [0.15, 0.2) is 11.9 Å². The molecule has 2 aliphatic rings. The Kier molecular flexibility index (Phi) is 4.13. The molecule has 0 saturated heterocycles. The number of ether oxygens (including phenoxy) is 1. The number of rotatable bonds is 6. The van der Waals surface area contributed by atoms with Crippen molar-refractivity contribution in [3.8, 4) is 0 Å². The highest BCUT2D eigenvalue weighted by Gasteiger charge is 2.40. The molecule has 2 rings (SSSR count). The number of carbonyl (C=O) groups excluding carboxylic acids is 1. The minimum absolute atomic E-state index is 0.0455. The normalized spacial score (nSPS) is 20.3. The van der Waals surface area contributed by atoms with E-state index >= 15 is 0 Å². The molecule has 0 fully saturated rings. The molecule has 2 aliphatic carbocycles. The molecule has 0 heterocycles. The Hall–Kier alpha value is -0.930. The summed E-state index contributed by atoms with van der Waals surface area (Å²) >= 11 is 0. The van der Waals surface area contributed by atoms with Crippen molar-refractivity contribution in [2.75, 3.05) is 13.2 Å². The minimum Gasteiger partial charge on any atom is -0.394 e. The lowest BCUT2D eigenvalue weighted by Crippen LogP contribution is -2.39. The molecule has 0 bridgehead atoms. The Labute approximate surface area is 102 Å². The molecule has 0 aromatic heterocycles. The first-order valence-electron chi connectivity index (χ1n) is 6.43. The zero-order valence-electron chi connectivity index (χ0n) is 10.2. The first-order valence-corrected chi connectivity index (χ1v) is 6.43. The molecule has 0 aromatic rings. The van der Waals surface area contributed by atoms with Gasteiger partial charge in [0.1, 0.15) is 0 Å². The molecule has 0 atom stereocenters. The Morgan fingerprint density at radius 3 is 2.18 bits per heavy atom. The highest BCUT2D eigenvalue weighted by molar-refractivity contribution is 5.75. The van der Waals surface area contributed by atoms with E-state index in [0.717, 1.165) is 56.0 Å². The van der Waals surface area contributed by atoms with Crippen molar-refractivity contribution in [1.29, 1.82) is 0 Å². The van der Waals surface area contributed by atoms with Crippen LogP contribution in [0.2, 0.25) is 0 Å². The second kappa shape index (κ2) is 5.61. The summed E-state index contributed by atoms with van der Waals surface area (Å²) in [4.78, 5) is 11.6. The van der Waals surface area contributed by atoms with Crippen molar-refractivity contribution in [3.05, 3.63) is 23.3 Å². The third kappa shape index (κ3) is 2.35. The van der Waals surface area contributed by atoms with E-state index in [1.165, 1.54) is 0 Å². The number of hydrogen-bond donors (Lipinski definition) is 1. The van der Waals surface area contributed by atoms with Crippen molar-refractivity contribution >= 4 is 6.29 Å². The van der Waals surface area contributed by atoms with Gasteiger partial charge >= 0.3 is 0 Å². The fraction of sp³-hybridized carbons (Fsp3) is 0.643. The summed E-state index contributed by atoms with van der Waals surface area (Å²) in [5.74, 6) is 0. The smallest absolute Gasteiger partial charge is 0.165 e. The standard InChI is InChI=1S/C14H20O3/c15-9-10-17-14(11-16,12-5-1-2-6-12)13-7-3-4-8-13/h5,7,11,15H,1-4,6,8-10H2. The summed E-state index contributed by atoms with van der Waals surface area (Å²) in [5.41, 5.74) is 1.32. The second-order valence-corrected chi connectivity index (χ2v) is 4.67. The molecular weight excluding hydrogens is 216 g/mol. The summed E-state index contributed by atoms with van der Waals surface area (Å²) in [7, 11) is 0. The van der Waals surface area contributed by atoms with Crippen LogP contribution in [0.15, 0.2) is 23.3 Å². The largest absolute Gasteiger partial charge is 0.394 e. The maximum Gasteiger partial charge on any atom is 0.165 e. The maximum atomic E-state index is 11.6. The first-order chi connectivity index (χ1) is 8.33. The van der Waals surface area contributed by atoms with Crippen LogP contribution in [0.3, 0.4) is 0 Å². The third-order valence-electron chi connectivity index (χ3n) is 3.62. The molecule has 1 N–H and O–H groups in total. The molecule has 3 nitrogen and oxygen atoms in total. The van der Waals surface area contributed by atoms with E-state index in [-0.39, 0.29) is 13.2 Å². The SMILES string of the molecule is O=CC(OCCO)(C1=CCCC1)C1=CCCC1. The van der Waals surface area contributed by atoms with E-state index in [2.05, 4.69) is 12.2 Å². The Bertz CT molecular complexity index is 317. The van der Waals surface area contributed by atoms with Gasteiger partial charge < -0.3 is 9.84 Å². The number of aldehydes is 1. The Morgan fingerprint density at radius 2 is 1.82 bits per heavy atom. The number of aliphatic hydroxyl groups is 1. The van der Waals surface area contributed by atoms with E-state index < -0.39 is 5.60 Å². The first kappa shape index (κ1) is 12.5. The van der Waals surface area contributed by atoms with Gasteiger partial charge in [-0.2, -0.15) is 0 Å². The van der Waals surface area contributed by atoms with Gasteiger partial charge in [0, 0.05) is 0 Å². The van der Waals surface area contributed by atoms with Crippen LogP contribution in [-0.4, -0.2) is 30.2 Å². The van der Waals surface area contributed by atoms with Crippen molar-refractivity contribution in [3.63, 3.8) is 0 Å². The molecule has 0 amide bonds. The summed E-state index contributed by atoms with van der Waals surface area (Å²) in [5, 5.41) is 8.93. The van der Waals surface area contributed by atoms with Gasteiger partial charge in [0.2, 0.25) is 0 Å². The van der Waals surface area contributed by atoms with Crippen molar-refractivity contribution in [2.45, 2.75) is 44.1 Å². The lowest BCUT2D eigenvalue weighted by molar-refractivity contribution is -0.124. The Morgan fingerprint density at radius 1 is 1.24 bits per heavy atom. The van der Waals surface area contributed by atoms with Crippen molar-refractivity contribution < 1.29 is 14.6 Å². The van der Waals surface area contributed by atoms with E-state index in [9.17, 15) is 4.79 Å². The maximum absolute atomic E-state index is 11.6. The molecule has 0 saturated carbocycles. The van der Waals surface area contributed by atoms with Crippen LogP contribution in [0.5, 0.6) is 0 Å². The molecular formula is C14H20O3. The summed E-state index contributed by atoms with van der Waals surface area (Å²) < 4.78 is 5.74.